The second kappa shape index (κ2) is 16.4. The molecular weight excluding hydrogens is 693 g/mol. The Balaban J connectivity index is 1.13. The minimum atomic E-state index is -0.597. The fourth-order valence-corrected chi connectivity index (χ4v) is 7.46. The number of anilines is 2. The van der Waals surface area contributed by atoms with Gasteiger partial charge in [0.1, 0.15) is 16.7 Å². The first-order valence-corrected chi connectivity index (χ1v) is 18.4. The number of amides is 3. The van der Waals surface area contributed by atoms with E-state index in [1.165, 1.54) is 11.8 Å². The van der Waals surface area contributed by atoms with Crippen molar-refractivity contribution in [1.29, 1.82) is 0 Å². The maximum atomic E-state index is 14.1. The maximum absolute atomic E-state index is 14.1. The lowest BCUT2D eigenvalue weighted by Gasteiger charge is -2.18. The van der Waals surface area contributed by atoms with E-state index < -0.39 is 17.1 Å². The Morgan fingerprint density at radius 3 is 2.13 bits per heavy atom. The smallest absolute Gasteiger partial charge is 0.272 e. The number of rotatable bonds is 12. The summed E-state index contributed by atoms with van der Waals surface area (Å²) in [6, 6.07) is 47.2. The summed E-state index contributed by atoms with van der Waals surface area (Å²) < 4.78 is 7.55. The van der Waals surface area contributed by atoms with Gasteiger partial charge in [0.15, 0.2) is 0 Å². The zero-order chi connectivity index (χ0) is 37.4. The fraction of sp³-hybridized carbons (Fsp3) is 0.0889. The summed E-state index contributed by atoms with van der Waals surface area (Å²) in [6.45, 7) is 2.97. The first kappa shape index (κ1) is 35.8. The Morgan fingerprint density at radius 1 is 0.704 bits per heavy atom. The van der Waals surface area contributed by atoms with Gasteiger partial charge in [0.05, 0.1) is 7.11 Å². The van der Waals surface area contributed by atoms with Gasteiger partial charge in [-0.3, -0.25) is 14.4 Å². The third kappa shape index (κ3) is 8.06. The molecule has 0 radical (unpaired) electrons. The molecule has 0 spiro atoms. The highest BCUT2D eigenvalue weighted by atomic mass is 32.2. The molecule has 1 unspecified atom stereocenters. The third-order valence-electron chi connectivity index (χ3n) is 9.00. The van der Waals surface area contributed by atoms with E-state index in [0.717, 1.165) is 38.8 Å². The molecule has 1 atom stereocenters. The van der Waals surface area contributed by atoms with Crippen LogP contribution >= 0.6 is 11.8 Å². The topological polar surface area (TPSA) is 101 Å². The summed E-state index contributed by atoms with van der Waals surface area (Å²) >= 11 is 1.38. The van der Waals surface area contributed by atoms with Crippen molar-refractivity contribution in [2.24, 2.45) is 0 Å². The Hall–Kier alpha value is -6.58. The van der Waals surface area contributed by atoms with E-state index in [9.17, 15) is 14.4 Å². The lowest BCUT2D eigenvalue weighted by atomic mass is 10.1. The molecule has 0 fully saturated rings. The summed E-state index contributed by atoms with van der Waals surface area (Å²) in [5, 5.41) is 10.5. The number of thioether (sulfide) groups is 1. The molecule has 0 saturated carbocycles. The highest BCUT2D eigenvalue weighted by molar-refractivity contribution is 8.00. The lowest BCUT2D eigenvalue weighted by Crippen LogP contribution is -2.30. The summed E-state index contributed by atoms with van der Waals surface area (Å²) in [4.78, 5) is 41.8. The number of fused-ring (bicyclic) bond motifs is 3. The predicted molar refractivity (Wildman–Crippen MR) is 219 cm³/mol. The van der Waals surface area contributed by atoms with Crippen LogP contribution < -0.4 is 20.7 Å². The van der Waals surface area contributed by atoms with Gasteiger partial charge in [0, 0.05) is 50.2 Å². The molecule has 0 aliphatic heterocycles. The number of hydrogen-bond acceptors (Lipinski definition) is 5. The van der Waals surface area contributed by atoms with Gasteiger partial charge in [-0.25, -0.2) is 0 Å². The first-order chi connectivity index (χ1) is 26.4. The highest BCUT2D eigenvalue weighted by Gasteiger charge is 2.23. The van der Waals surface area contributed by atoms with Gasteiger partial charge < -0.3 is 25.3 Å². The molecule has 0 bridgehead atoms. The van der Waals surface area contributed by atoms with E-state index in [1.807, 2.05) is 78.9 Å². The van der Waals surface area contributed by atoms with Crippen molar-refractivity contribution >= 4 is 68.7 Å². The van der Waals surface area contributed by atoms with E-state index in [1.54, 1.807) is 67.8 Å². The molecule has 9 heteroatoms. The Morgan fingerprint density at radius 2 is 1.39 bits per heavy atom. The van der Waals surface area contributed by atoms with E-state index >= 15 is 0 Å². The number of methoxy groups -OCH3 is 1. The van der Waals surface area contributed by atoms with Crippen molar-refractivity contribution in [3.05, 3.63) is 174 Å². The molecule has 7 rings (SSSR count). The van der Waals surface area contributed by atoms with Crippen LogP contribution in [-0.2, 0) is 16.1 Å². The molecule has 268 valence electrons. The van der Waals surface area contributed by atoms with E-state index in [-0.39, 0.29) is 11.6 Å². The molecule has 54 heavy (non-hydrogen) atoms. The van der Waals surface area contributed by atoms with Crippen molar-refractivity contribution in [3.8, 4) is 5.75 Å². The zero-order valence-corrected chi connectivity index (χ0v) is 30.6. The Bertz CT molecular complexity index is 2480. The van der Waals surface area contributed by atoms with Gasteiger partial charge in [-0.15, -0.1) is 11.8 Å². The number of aromatic nitrogens is 1. The normalized spacial score (nSPS) is 11.9. The van der Waals surface area contributed by atoms with Gasteiger partial charge in [0.2, 0.25) is 5.91 Å². The van der Waals surface area contributed by atoms with Crippen LogP contribution in [0.5, 0.6) is 5.75 Å². The Labute approximate surface area is 317 Å². The zero-order valence-electron chi connectivity index (χ0n) is 29.8. The first-order valence-electron chi connectivity index (χ1n) is 17.6. The third-order valence-corrected chi connectivity index (χ3v) is 10.2. The van der Waals surface area contributed by atoms with Gasteiger partial charge >= 0.3 is 0 Å². The quantitative estimate of drug-likeness (QED) is 0.0859. The van der Waals surface area contributed by atoms with Crippen LogP contribution in [-0.4, -0.2) is 29.4 Å². The van der Waals surface area contributed by atoms with Crippen molar-refractivity contribution in [2.45, 2.75) is 23.6 Å². The van der Waals surface area contributed by atoms with Crippen molar-refractivity contribution in [2.75, 3.05) is 17.7 Å². The molecule has 7 aromatic rings. The van der Waals surface area contributed by atoms with Crippen molar-refractivity contribution in [1.82, 2.24) is 9.88 Å². The largest absolute Gasteiger partial charge is 0.497 e. The van der Waals surface area contributed by atoms with Crippen LogP contribution in [0, 0.1) is 0 Å². The Kier molecular flexibility index (Phi) is 10.9. The summed E-state index contributed by atoms with van der Waals surface area (Å²) in [6.07, 6.45) is 1.61. The molecule has 6 aromatic carbocycles. The SMILES string of the molecule is CCn1c2ccccc2c2cc(NC(=O)C(Sc3cccc(NC(=O)/C(=C\c4ccc(OC)cc4)NC(=O)c4ccccc4)c3)c3ccccc3)ccc21. The molecule has 0 aliphatic rings. The molecule has 8 nitrogen and oxygen atoms in total. The summed E-state index contributed by atoms with van der Waals surface area (Å²) in [5.41, 5.74) is 5.51. The van der Waals surface area contributed by atoms with E-state index in [0.29, 0.717) is 28.3 Å². The van der Waals surface area contributed by atoms with Crippen LogP contribution in [0.3, 0.4) is 0 Å². The average molecular weight is 731 g/mol. The average Bonchev–Trinajstić information content (AvgIpc) is 3.53. The number of hydrogen-bond donors (Lipinski definition) is 3. The number of carbonyl (C=O) groups excluding carboxylic acids is 3. The van der Waals surface area contributed by atoms with Gasteiger partial charge in [-0.2, -0.15) is 0 Å². The van der Waals surface area contributed by atoms with Crippen molar-refractivity contribution < 1.29 is 19.1 Å². The van der Waals surface area contributed by atoms with Crippen molar-refractivity contribution in [3.63, 3.8) is 0 Å². The monoisotopic (exact) mass is 730 g/mol. The number of nitrogens with one attached hydrogen (secondary N) is 3. The highest BCUT2D eigenvalue weighted by Crippen LogP contribution is 2.38. The number of para-hydroxylation sites is 1. The number of ether oxygens (including phenoxy) is 1. The van der Waals surface area contributed by atoms with E-state index in [2.05, 4.69) is 45.6 Å². The van der Waals surface area contributed by atoms with Crippen LogP contribution in [0.1, 0.15) is 33.7 Å². The number of aryl methyl sites for hydroxylation is 1. The van der Waals surface area contributed by atoms with Crippen LogP contribution in [0.2, 0.25) is 0 Å². The summed E-state index contributed by atoms with van der Waals surface area (Å²) in [5.74, 6) is -0.423. The standard InChI is InChI=1S/C45H38N4O4S/c1-3-49-40-20-11-10-19-37(40)38-29-34(23-26-41(38)49)47-45(52)42(31-13-6-4-7-14-31)54-36-18-12-17-33(28-36)46-44(51)39(27-30-21-24-35(53-2)25-22-30)48-43(50)32-15-8-5-9-16-32/h4-29,42H,3H2,1-2H3,(H,46,51)(H,47,52)(H,48,50)/b39-27+. The van der Waals surface area contributed by atoms with Crippen LogP contribution in [0.4, 0.5) is 11.4 Å². The number of nitrogens with zero attached hydrogens (tertiary/aromatic N) is 1. The van der Waals surface area contributed by atoms with Gasteiger partial charge in [0.25, 0.3) is 11.8 Å². The predicted octanol–water partition coefficient (Wildman–Crippen LogP) is 9.70. The molecular formula is C45H38N4O4S. The second-order valence-electron chi connectivity index (χ2n) is 12.5. The lowest BCUT2D eigenvalue weighted by molar-refractivity contribution is -0.116. The fourth-order valence-electron chi connectivity index (χ4n) is 6.37. The molecule has 1 aromatic heterocycles. The van der Waals surface area contributed by atoms with E-state index in [4.69, 9.17) is 4.74 Å². The molecule has 0 saturated heterocycles. The second-order valence-corrected chi connectivity index (χ2v) is 13.7. The molecule has 1 heterocycles. The molecule has 3 amide bonds. The van der Waals surface area contributed by atoms with Crippen LogP contribution in [0.25, 0.3) is 27.9 Å². The number of benzene rings is 6. The van der Waals surface area contributed by atoms with Gasteiger partial charge in [-0.05, 0) is 90.9 Å². The van der Waals surface area contributed by atoms with Crippen LogP contribution in [0.15, 0.2) is 162 Å². The summed E-state index contributed by atoms with van der Waals surface area (Å²) in [7, 11) is 1.58. The molecule has 0 aliphatic carbocycles. The molecule has 3 N–H and O–H groups in total. The minimum Gasteiger partial charge on any atom is -0.497 e. The van der Waals surface area contributed by atoms with Gasteiger partial charge in [-0.1, -0.05) is 84.9 Å². The number of carbonyl (C=O) groups is 3. The maximum Gasteiger partial charge on any atom is 0.272 e. The minimum absolute atomic E-state index is 0.0626.